The molecule has 0 aliphatic rings. The Bertz CT molecular complexity index is 701. The van der Waals surface area contributed by atoms with Crippen LogP contribution in [0.2, 0.25) is 0 Å². The SMILES string of the molecule is CC(CCc1ccco1)NS(=O)(=O)c1ccc(C(=O)O)o1. The van der Waals surface area contributed by atoms with Crippen LogP contribution in [0.4, 0.5) is 0 Å². The predicted molar refractivity (Wildman–Crippen MR) is 72.5 cm³/mol. The van der Waals surface area contributed by atoms with Crippen molar-refractivity contribution in [2.75, 3.05) is 0 Å². The molecule has 0 bridgehead atoms. The zero-order valence-corrected chi connectivity index (χ0v) is 12.1. The van der Waals surface area contributed by atoms with Crippen molar-refractivity contribution in [3.05, 3.63) is 42.0 Å². The van der Waals surface area contributed by atoms with E-state index in [1.807, 2.05) is 6.07 Å². The highest BCUT2D eigenvalue weighted by Gasteiger charge is 2.22. The molecule has 2 aromatic rings. The second-order valence-electron chi connectivity index (χ2n) is 4.56. The molecule has 0 saturated carbocycles. The van der Waals surface area contributed by atoms with Crippen LogP contribution in [-0.4, -0.2) is 25.5 Å². The summed E-state index contributed by atoms with van der Waals surface area (Å²) < 4.78 is 36.4. The third kappa shape index (κ3) is 3.96. The summed E-state index contributed by atoms with van der Waals surface area (Å²) in [6.07, 6.45) is 2.69. The first kappa shape index (κ1) is 15.3. The number of hydrogen-bond acceptors (Lipinski definition) is 5. The van der Waals surface area contributed by atoms with E-state index in [1.165, 1.54) is 0 Å². The Morgan fingerprint density at radius 2 is 2.14 bits per heavy atom. The van der Waals surface area contributed by atoms with E-state index in [4.69, 9.17) is 13.9 Å². The number of carboxylic acids is 1. The molecule has 2 heterocycles. The lowest BCUT2D eigenvalue weighted by Gasteiger charge is -2.11. The average molecular weight is 313 g/mol. The Balaban J connectivity index is 1.97. The van der Waals surface area contributed by atoms with Gasteiger partial charge in [0.1, 0.15) is 5.76 Å². The first-order valence-corrected chi connectivity index (χ1v) is 7.74. The monoisotopic (exact) mass is 313 g/mol. The molecule has 0 aliphatic heterocycles. The molecule has 1 unspecified atom stereocenters. The average Bonchev–Trinajstić information content (AvgIpc) is 3.07. The first-order chi connectivity index (χ1) is 9.88. The van der Waals surface area contributed by atoms with Gasteiger partial charge in [-0.15, -0.1) is 0 Å². The van der Waals surface area contributed by atoms with Crippen LogP contribution in [0, 0.1) is 0 Å². The van der Waals surface area contributed by atoms with Gasteiger partial charge in [-0.25, -0.2) is 17.9 Å². The van der Waals surface area contributed by atoms with E-state index in [9.17, 15) is 13.2 Å². The summed E-state index contributed by atoms with van der Waals surface area (Å²) in [5.74, 6) is -0.965. The zero-order chi connectivity index (χ0) is 15.5. The third-order valence-corrected chi connectivity index (χ3v) is 4.28. The van der Waals surface area contributed by atoms with Crippen molar-refractivity contribution in [1.82, 2.24) is 4.72 Å². The molecule has 0 fully saturated rings. The predicted octanol–water partition coefficient (Wildman–Crippen LogP) is 1.87. The maximum atomic E-state index is 12.0. The second-order valence-corrected chi connectivity index (χ2v) is 6.21. The molecule has 7 nitrogen and oxygen atoms in total. The Labute approximate surface area is 121 Å². The normalized spacial score (nSPS) is 13.2. The lowest BCUT2D eigenvalue weighted by molar-refractivity contribution is 0.0656. The number of carboxylic acid groups (broad SMARTS) is 1. The molecule has 21 heavy (non-hydrogen) atoms. The van der Waals surface area contributed by atoms with Crippen LogP contribution in [-0.2, 0) is 16.4 Å². The van der Waals surface area contributed by atoms with Gasteiger partial charge in [-0.05, 0) is 37.6 Å². The number of hydrogen-bond donors (Lipinski definition) is 2. The molecule has 114 valence electrons. The van der Waals surface area contributed by atoms with Gasteiger partial charge in [0.2, 0.25) is 10.9 Å². The first-order valence-electron chi connectivity index (χ1n) is 6.26. The largest absolute Gasteiger partial charge is 0.475 e. The van der Waals surface area contributed by atoms with Gasteiger partial charge in [0.25, 0.3) is 10.0 Å². The van der Waals surface area contributed by atoms with Gasteiger partial charge in [-0.3, -0.25) is 0 Å². The number of aryl methyl sites for hydroxylation is 1. The van der Waals surface area contributed by atoms with Gasteiger partial charge in [-0.1, -0.05) is 0 Å². The lowest BCUT2D eigenvalue weighted by Crippen LogP contribution is -2.32. The minimum Gasteiger partial charge on any atom is -0.475 e. The third-order valence-electron chi connectivity index (χ3n) is 2.82. The summed E-state index contributed by atoms with van der Waals surface area (Å²) in [4.78, 5) is 10.7. The molecule has 2 rings (SSSR count). The van der Waals surface area contributed by atoms with Gasteiger partial charge in [0, 0.05) is 12.5 Å². The zero-order valence-electron chi connectivity index (χ0n) is 11.3. The molecular formula is C13H15NO6S. The van der Waals surface area contributed by atoms with E-state index in [-0.39, 0.29) is 6.04 Å². The minimum atomic E-state index is -3.87. The molecule has 8 heteroatoms. The second kappa shape index (κ2) is 6.15. The van der Waals surface area contributed by atoms with Crippen LogP contribution in [0.1, 0.15) is 29.7 Å². The molecule has 0 aliphatic carbocycles. The van der Waals surface area contributed by atoms with Gasteiger partial charge in [0.05, 0.1) is 6.26 Å². The van der Waals surface area contributed by atoms with Crippen LogP contribution in [0.3, 0.4) is 0 Å². The van der Waals surface area contributed by atoms with Crippen LogP contribution < -0.4 is 4.72 Å². The quantitative estimate of drug-likeness (QED) is 0.807. The van der Waals surface area contributed by atoms with Gasteiger partial charge in [0.15, 0.2) is 0 Å². The molecule has 0 aromatic carbocycles. The van der Waals surface area contributed by atoms with Crippen molar-refractivity contribution >= 4 is 16.0 Å². The fraction of sp³-hybridized carbons (Fsp3) is 0.308. The summed E-state index contributed by atoms with van der Waals surface area (Å²) in [6.45, 7) is 1.71. The molecule has 2 aromatic heterocycles. The summed E-state index contributed by atoms with van der Waals surface area (Å²) >= 11 is 0. The Morgan fingerprint density at radius 3 is 2.71 bits per heavy atom. The highest BCUT2D eigenvalue weighted by Crippen LogP contribution is 2.15. The van der Waals surface area contributed by atoms with Crippen LogP contribution in [0.15, 0.2) is 44.5 Å². The van der Waals surface area contributed by atoms with Crippen LogP contribution in [0.25, 0.3) is 0 Å². The Morgan fingerprint density at radius 1 is 1.38 bits per heavy atom. The van der Waals surface area contributed by atoms with E-state index < -0.39 is 26.8 Å². The van der Waals surface area contributed by atoms with Crippen LogP contribution >= 0.6 is 0 Å². The number of carbonyl (C=O) groups is 1. The van der Waals surface area contributed by atoms with Crippen molar-refractivity contribution < 1.29 is 27.2 Å². The van der Waals surface area contributed by atoms with Gasteiger partial charge >= 0.3 is 5.97 Å². The standard InChI is InChI=1S/C13H15NO6S/c1-9(4-5-10-3-2-8-19-10)14-21(17,18)12-7-6-11(20-12)13(15)16/h2-3,6-9,14H,4-5H2,1H3,(H,15,16). The molecular weight excluding hydrogens is 298 g/mol. The van der Waals surface area contributed by atoms with Crippen molar-refractivity contribution in [1.29, 1.82) is 0 Å². The number of sulfonamides is 1. The Hall–Kier alpha value is -2.06. The highest BCUT2D eigenvalue weighted by molar-refractivity contribution is 7.89. The minimum absolute atomic E-state index is 0.349. The molecule has 2 N–H and O–H groups in total. The molecule has 0 amide bonds. The Kier molecular flexibility index (Phi) is 4.49. The fourth-order valence-electron chi connectivity index (χ4n) is 1.77. The van der Waals surface area contributed by atoms with Gasteiger partial charge in [-0.2, -0.15) is 0 Å². The summed E-state index contributed by atoms with van der Waals surface area (Å²) in [6, 6.07) is 5.45. The lowest BCUT2D eigenvalue weighted by atomic mass is 10.2. The maximum Gasteiger partial charge on any atom is 0.371 e. The van der Waals surface area contributed by atoms with Crippen LogP contribution in [0.5, 0.6) is 0 Å². The van der Waals surface area contributed by atoms with E-state index in [0.717, 1.165) is 17.9 Å². The number of rotatable bonds is 7. The molecule has 1 atom stereocenters. The van der Waals surface area contributed by atoms with Crippen molar-refractivity contribution in [2.24, 2.45) is 0 Å². The maximum absolute atomic E-state index is 12.0. The molecule has 0 radical (unpaired) electrons. The summed E-state index contributed by atoms with van der Waals surface area (Å²) in [7, 11) is -3.87. The summed E-state index contributed by atoms with van der Waals surface area (Å²) in [5, 5.41) is 8.30. The topological polar surface area (TPSA) is 110 Å². The summed E-state index contributed by atoms with van der Waals surface area (Å²) in [5.41, 5.74) is 0. The van der Waals surface area contributed by atoms with E-state index in [2.05, 4.69) is 4.72 Å². The van der Waals surface area contributed by atoms with Crippen molar-refractivity contribution in [3.8, 4) is 0 Å². The van der Waals surface area contributed by atoms with Crippen molar-refractivity contribution in [3.63, 3.8) is 0 Å². The van der Waals surface area contributed by atoms with Crippen molar-refractivity contribution in [2.45, 2.75) is 30.9 Å². The van der Waals surface area contributed by atoms with E-state index >= 15 is 0 Å². The van der Waals surface area contributed by atoms with E-state index in [0.29, 0.717) is 12.8 Å². The molecule has 0 saturated heterocycles. The number of furan rings is 2. The number of aromatic carboxylic acids is 1. The molecule has 0 spiro atoms. The smallest absolute Gasteiger partial charge is 0.371 e. The van der Waals surface area contributed by atoms with Gasteiger partial charge < -0.3 is 13.9 Å². The highest BCUT2D eigenvalue weighted by atomic mass is 32.2. The fourth-order valence-corrected chi connectivity index (χ4v) is 2.99. The van der Waals surface area contributed by atoms with E-state index in [1.54, 1.807) is 19.3 Å². The number of nitrogens with one attached hydrogen (secondary N) is 1.